The van der Waals surface area contributed by atoms with Gasteiger partial charge in [-0.3, -0.25) is 9.80 Å². The van der Waals surface area contributed by atoms with E-state index < -0.39 is 25.3 Å². The predicted molar refractivity (Wildman–Crippen MR) is 77.3 cm³/mol. The van der Waals surface area contributed by atoms with Crippen molar-refractivity contribution >= 4 is 5.97 Å². The topological polar surface area (TPSA) is 53.0 Å². The fraction of sp³-hybridized carbons (Fsp3) is 0.533. The number of alkyl halides is 3. The number of carboxylic acid groups (broad SMARTS) is 1. The van der Waals surface area contributed by atoms with Crippen LogP contribution in [0, 0.1) is 0 Å². The monoisotopic (exact) mass is 332 g/mol. The van der Waals surface area contributed by atoms with Crippen LogP contribution in [0.25, 0.3) is 0 Å². The Balaban J connectivity index is 1.88. The molecule has 0 unspecified atom stereocenters. The zero-order chi connectivity index (χ0) is 16.9. The van der Waals surface area contributed by atoms with E-state index in [1.807, 2.05) is 17.0 Å². The first kappa shape index (κ1) is 17.6. The van der Waals surface area contributed by atoms with Crippen LogP contribution >= 0.6 is 0 Å². The van der Waals surface area contributed by atoms with Crippen molar-refractivity contribution < 1.29 is 27.8 Å². The summed E-state index contributed by atoms with van der Waals surface area (Å²) in [4.78, 5) is 14.0. The van der Waals surface area contributed by atoms with Gasteiger partial charge in [-0.15, -0.1) is 0 Å². The molecule has 0 bridgehead atoms. The van der Waals surface area contributed by atoms with Gasteiger partial charge in [0.25, 0.3) is 0 Å². The molecule has 1 heterocycles. The van der Waals surface area contributed by atoms with E-state index in [1.54, 1.807) is 12.1 Å². The summed E-state index contributed by atoms with van der Waals surface area (Å²) in [5.74, 6) is -0.562. The summed E-state index contributed by atoms with van der Waals surface area (Å²) in [5.41, 5.74) is 0.832. The van der Waals surface area contributed by atoms with E-state index in [0.29, 0.717) is 38.5 Å². The highest BCUT2D eigenvalue weighted by Gasteiger charge is 2.32. The van der Waals surface area contributed by atoms with E-state index in [1.165, 1.54) is 4.90 Å². The summed E-state index contributed by atoms with van der Waals surface area (Å²) in [7, 11) is 0. The van der Waals surface area contributed by atoms with Crippen molar-refractivity contribution in [3.8, 4) is 5.75 Å². The number of hydrogen-bond acceptors (Lipinski definition) is 4. The first-order valence-electron chi connectivity index (χ1n) is 7.27. The van der Waals surface area contributed by atoms with Crippen molar-refractivity contribution in [3.63, 3.8) is 0 Å². The lowest BCUT2D eigenvalue weighted by atomic mass is 10.1. The van der Waals surface area contributed by atoms with Crippen LogP contribution in [0.3, 0.4) is 0 Å². The van der Waals surface area contributed by atoms with E-state index in [-0.39, 0.29) is 0 Å². The minimum absolute atomic E-state index is 0.359. The summed E-state index contributed by atoms with van der Waals surface area (Å²) in [6.45, 7) is 1.01. The predicted octanol–water partition coefficient (Wildman–Crippen LogP) is 1.83. The van der Waals surface area contributed by atoms with E-state index in [2.05, 4.69) is 0 Å². The van der Waals surface area contributed by atoms with Gasteiger partial charge in [0.2, 0.25) is 0 Å². The van der Waals surface area contributed by atoms with Gasteiger partial charge in [-0.05, 0) is 6.07 Å². The third-order valence-corrected chi connectivity index (χ3v) is 3.59. The van der Waals surface area contributed by atoms with Crippen LogP contribution in [0.1, 0.15) is 5.56 Å². The first-order valence-corrected chi connectivity index (χ1v) is 7.27. The number of ether oxygens (including phenoxy) is 1. The molecule has 1 N–H and O–H groups in total. The highest BCUT2D eigenvalue weighted by Crippen LogP contribution is 2.22. The second kappa shape index (κ2) is 7.65. The molecule has 23 heavy (non-hydrogen) atoms. The molecular formula is C15H19F3N2O3. The zero-order valence-corrected chi connectivity index (χ0v) is 12.6. The third kappa shape index (κ3) is 6.07. The van der Waals surface area contributed by atoms with Crippen molar-refractivity contribution in [2.24, 2.45) is 0 Å². The zero-order valence-electron chi connectivity index (χ0n) is 12.6. The Morgan fingerprint density at radius 3 is 2.35 bits per heavy atom. The van der Waals surface area contributed by atoms with E-state index >= 15 is 0 Å². The minimum atomic E-state index is -4.17. The van der Waals surface area contributed by atoms with E-state index in [9.17, 15) is 18.0 Å². The molecule has 5 nitrogen and oxygen atoms in total. The Kier molecular flexibility index (Phi) is 5.84. The Labute approximate surface area is 132 Å². The van der Waals surface area contributed by atoms with Gasteiger partial charge < -0.3 is 9.84 Å². The van der Waals surface area contributed by atoms with Crippen LogP contribution < -0.4 is 4.74 Å². The molecule has 8 heteroatoms. The molecule has 1 fully saturated rings. The minimum Gasteiger partial charge on any atom is -0.482 e. The smallest absolute Gasteiger partial charge is 0.401 e. The molecule has 0 spiro atoms. The van der Waals surface area contributed by atoms with E-state index in [4.69, 9.17) is 9.84 Å². The molecule has 1 aromatic carbocycles. The lowest BCUT2D eigenvalue weighted by Gasteiger charge is -2.35. The summed E-state index contributed by atoms with van der Waals surface area (Å²) >= 11 is 0. The summed E-state index contributed by atoms with van der Waals surface area (Å²) in [6, 6.07) is 7.10. The molecule has 1 saturated heterocycles. The Bertz CT molecular complexity index is 529. The Hall–Kier alpha value is -1.80. The highest BCUT2D eigenvalue weighted by molar-refractivity contribution is 5.68. The molecule has 128 valence electrons. The number of piperazine rings is 1. The lowest BCUT2D eigenvalue weighted by Crippen LogP contribution is -2.48. The highest BCUT2D eigenvalue weighted by atomic mass is 19.4. The maximum atomic E-state index is 12.4. The van der Waals surface area contributed by atoms with Gasteiger partial charge in [-0.2, -0.15) is 13.2 Å². The Morgan fingerprint density at radius 1 is 1.13 bits per heavy atom. The number of carboxylic acids is 1. The second-order valence-corrected chi connectivity index (χ2v) is 5.46. The summed E-state index contributed by atoms with van der Waals surface area (Å²) in [5, 5.41) is 8.68. The van der Waals surface area contributed by atoms with Crippen molar-refractivity contribution in [1.29, 1.82) is 0 Å². The first-order chi connectivity index (χ1) is 10.8. The number of para-hydroxylation sites is 1. The molecule has 1 aliphatic heterocycles. The summed E-state index contributed by atoms with van der Waals surface area (Å²) in [6.07, 6.45) is -4.17. The lowest BCUT2D eigenvalue weighted by molar-refractivity contribution is -0.149. The van der Waals surface area contributed by atoms with Crippen molar-refractivity contribution in [2.75, 3.05) is 39.3 Å². The standard InChI is InChI=1S/C15H19F3N2O3/c16-15(17,18)11-20-7-5-19(6-8-20)9-12-3-1-2-4-13(12)23-10-14(21)22/h1-4H,5-11H2,(H,21,22). The van der Waals surface area contributed by atoms with Crippen LogP contribution in [0.5, 0.6) is 5.75 Å². The second-order valence-electron chi connectivity index (χ2n) is 5.46. The maximum absolute atomic E-state index is 12.4. The molecule has 1 aliphatic rings. The fourth-order valence-electron chi connectivity index (χ4n) is 2.51. The van der Waals surface area contributed by atoms with Crippen molar-refractivity contribution in [3.05, 3.63) is 29.8 Å². The summed E-state index contributed by atoms with van der Waals surface area (Å²) < 4.78 is 42.3. The molecule has 0 aliphatic carbocycles. The quantitative estimate of drug-likeness (QED) is 0.861. The molecule has 2 rings (SSSR count). The van der Waals surface area contributed by atoms with Crippen LogP contribution in [0.4, 0.5) is 13.2 Å². The molecule has 0 saturated carbocycles. The molecule has 0 radical (unpaired) electrons. The largest absolute Gasteiger partial charge is 0.482 e. The number of rotatable bonds is 6. The normalized spacial score (nSPS) is 17.2. The van der Waals surface area contributed by atoms with Gasteiger partial charge in [0.1, 0.15) is 5.75 Å². The van der Waals surface area contributed by atoms with Crippen molar-refractivity contribution in [2.45, 2.75) is 12.7 Å². The number of carbonyl (C=O) groups is 1. The average Bonchev–Trinajstić information content (AvgIpc) is 2.47. The maximum Gasteiger partial charge on any atom is 0.401 e. The molecular weight excluding hydrogens is 313 g/mol. The number of hydrogen-bond donors (Lipinski definition) is 1. The van der Waals surface area contributed by atoms with Gasteiger partial charge in [0.05, 0.1) is 6.54 Å². The van der Waals surface area contributed by atoms with Gasteiger partial charge in [-0.1, -0.05) is 18.2 Å². The molecule has 0 atom stereocenters. The van der Waals surface area contributed by atoms with E-state index in [0.717, 1.165) is 5.56 Å². The van der Waals surface area contributed by atoms with Crippen LogP contribution in [-0.4, -0.2) is 66.4 Å². The average molecular weight is 332 g/mol. The fourth-order valence-corrected chi connectivity index (χ4v) is 2.51. The third-order valence-electron chi connectivity index (χ3n) is 3.59. The van der Waals surface area contributed by atoms with Gasteiger partial charge in [0.15, 0.2) is 6.61 Å². The van der Waals surface area contributed by atoms with Gasteiger partial charge >= 0.3 is 12.1 Å². The number of benzene rings is 1. The number of aliphatic carboxylic acids is 1. The molecule has 0 aromatic heterocycles. The van der Waals surface area contributed by atoms with Gasteiger partial charge in [0, 0.05) is 38.3 Å². The number of nitrogens with zero attached hydrogens (tertiary/aromatic N) is 2. The van der Waals surface area contributed by atoms with Crippen LogP contribution in [-0.2, 0) is 11.3 Å². The molecule has 1 aromatic rings. The molecule has 0 amide bonds. The van der Waals surface area contributed by atoms with Gasteiger partial charge in [-0.25, -0.2) is 4.79 Å². The SMILES string of the molecule is O=C(O)COc1ccccc1CN1CCN(CC(F)(F)F)CC1. The van der Waals surface area contributed by atoms with Crippen molar-refractivity contribution in [1.82, 2.24) is 9.80 Å². The van der Waals surface area contributed by atoms with Crippen LogP contribution in [0.2, 0.25) is 0 Å². The number of halogens is 3. The van der Waals surface area contributed by atoms with Crippen LogP contribution in [0.15, 0.2) is 24.3 Å². The Morgan fingerprint density at radius 2 is 1.74 bits per heavy atom.